The highest BCUT2D eigenvalue weighted by Gasteiger charge is 2.15. The summed E-state index contributed by atoms with van der Waals surface area (Å²) in [5.74, 6) is 1.11. The van der Waals surface area contributed by atoms with E-state index in [9.17, 15) is 13.6 Å². The van der Waals surface area contributed by atoms with Crippen molar-refractivity contribution in [2.75, 3.05) is 25.5 Å². The summed E-state index contributed by atoms with van der Waals surface area (Å²) in [5, 5.41) is 7.30. The predicted molar refractivity (Wildman–Crippen MR) is 123 cm³/mol. The smallest absolute Gasteiger partial charge is 0.343 e. The Bertz CT molecular complexity index is 1330. The van der Waals surface area contributed by atoms with E-state index in [1.54, 1.807) is 11.3 Å². The lowest BCUT2D eigenvalue weighted by atomic mass is 10.1. The topological polar surface area (TPSA) is 92.8 Å². The minimum Gasteiger partial charge on any atom is -0.363 e. The Labute approximate surface area is 186 Å². The molecule has 0 spiro atoms. The maximum atomic E-state index is 13.0. The van der Waals surface area contributed by atoms with Gasteiger partial charge in [-0.1, -0.05) is 12.1 Å². The van der Waals surface area contributed by atoms with Gasteiger partial charge in [-0.15, -0.1) is 11.3 Å². The van der Waals surface area contributed by atoms with E-state index in [0.29, 0.717) is 0 Å². The summed E-state index contributed by atoms with van der Waals surface area (Å²) in [6.45, 7) is -0.0520. The quantitative estimate of drug-likeness (QED) is 0.443. The van der Waals surface area contributed by atoms with Gasteiger partial charge in [0.2, 0.25) is 0 Å². The molecule has 32 heavy (non-hydrogen) atoms. The fourth-order valence-electron chi connectivity index (χ4n) is 3.38. The molecule has 0 amide bonds. The molecule has 0 radical (unpaired) electrons. The summed E-state index contributed by atoms with van der Waals surface area (Å²) >= 11 is 1.55. The fourth-order valence-corrected chi connectivity index (χ4v) is 4.47. The highest BCUT2D eigenvalue weighted by molar-refractivity contribution is 7.19. The van der Waals surface area contributed by atoms with Crippen LogP contribution in [0.15, 0.2) is 59.0 Å². The number of hydrogen-bond donors (Lipinski definition) is 2. The van der Waals surface area contributed by atoms with Gasteiger partial charge in [0.15, 0.2) is 0 Å². The molecule has 0 bridgehead atoms. The summed E-state index contributed by atoms with van der Waals surface area (Å²) in [6.07, 6.45) is -0.172. The molecule has 0 fully saturated rings. The fraction of sp³-hybridized carbons (Fsp3) is 0.227. The van der Waals surface area contributed by atoms with Gasteiger partial charge in [-0.05, 0) is 35.2 Å². The summed E-state index contributed by atoms with van der Waals surface area (Å²) < 4.78 is 28.4. The number of aromatic amines is 1. The molecule has 1 aromatic carbocycles. The second-order valence-corrected chi connectivity index (χ2v) is 8.71. The Hall–Kier alpha value is -3.37. The van der Waals surface area contributed by atoms with Gasteiger partial charge in [0.1, 0.15) is 11.6 Å². The monoisotopic (exact) mass is 456 g/mol. The molecule has 0 saturated heterocycles. The summed E-state index contributed by atoms with van der Waals surface area (Å²) in [5.41, 5.74) is 6.77. The molecule has 0 aliphatic rings. The number of fused-ring (bicyclic) bond motifs is 1. The van der Waals surface area contributed by atoms with Gasteiger partial charge in [0, 0.05) is 54.0 Å². The van der Waals surface area contributed by atoms with Crippen molar-refractivity contribution < 1.29 is 8.78 Å². The molecule has 166 valence electrons. The number of hydrogen-bond acceptors (Lipinski definition) is 6. The molecule has 0 saturated carbocycles. The van der Waals surface area contributed by atoms with Crippen LogP contribution in [0.3, 0.4) is 0 Å². The molecule has 4 rings (SSSR count). The summed E-state index contributed by atoms with van der Waals surface area (Å²) in [6, 6.07) is 12.1. The third-order valence-corrected chi connectivity index (χ3v) is 6.23. The average Bonchev–Trinajstić information content (AvgIpc) is 3.34. The Balaban J connectivity index is 1.61. The number of aromatic nitrogens is 4. The predicted octanol–water partition coefficient (Wildman–Crippen LogP) is 3.61. The van der Waals surface area contributed by atoms with Crippen LogP contribution in [0, 0.1) is 0 Å². The molecule has 0 aliphatic carbocycles. The lowest BCUT2D eigenvalue weighted by molar-refractivity contribution is 0.407. The molecular formula is C22H22F2N6OS. The van der Waals surface area contributed by atoms with Crippen molar-refractivity contribution in [1.82, 2.24) is 19.7 Å². The number of H-pyrrole nitrogens is 1. The van der Waals surface area contributed by atoms with Crippen LogP contribution in [-0.2, 0) is 13.0 Å². The standard InChI is InChI=1S/C22H22F2N6OS/c1-29(2)19-6-5-15(11-26-19)13-3-4-14-7-17(32-18(14)8-13)12-30-20(27-28-22(30)31)9-16(10-25)21(23)24/h3-8,11H,9-10,12,25H2,1-2H3,(H,28,31). The van der Waals surface area contributed by atoms with E-state index in [0.717, 1.165) is 31.9 Å². The lowest BCUT2D eigenvalue weighted by Gasteiger charge is -2.11. The molecule has 0 unspecified atom stereocenters. The van der Waals surface area contributed by atoms with Crippen LogP contribution in [0.2, 0.25) is 0 Å². The van der Waals surface area contributed by atoms with Crippen LogP contribution in [0.1, 0.15) is 10.7 Å². The van der Waals surface area contributed by atoms with Gasteiger partial charge in [-0.2, -0.15) is 13.9 Å². The van der Waals surface area contributed by atoms with Crippen LogP contribution in [0.4, 0.5) is 14.6 Å². The van der Waals surface area contributed by atoms with E-state index >= 15 is 0 Å². The highest BCUT2D eigenvalue weighted by Crippen LogP contribution is 2.31. The first-order valence-corrected chi connectivity index (χ1v) is 10.7. The lowest BCUT2D eigenvalue weighted by Crippen LogP contribution is -2.20. The SMILES string of the molecule is CN(C)c1ccc(-c2ccc3cc(Cn4c(CC(CN)=C(F)F)n[nH]c4=O)sc3c2)cn1. The second kappa shape index (κ2) is 9.01. The van der Waals surface area contributed by atoms with E-state index < -0.39 is 11.8 Å². The number of nitrogens with one attached hydrogen (secondary N) is 1. The Kier molecular flexibility index (Phi) is 6.15. The van der Waals surface area contributed by atoms with Crippen molar-refractivity contribution in [2.24, 2.45) is 5.73 Å². The van der Waals surface area contributed by atoms with E-state index in [1.807, 2.05) is 55.5 Å². The largest absolute Gasteiger partial charge is 0.363 e. The van der Waals surface area contributed by atoms with E-state index in [2.05, 4.69) is 21.2 Å². The second-order valence-electron chi connectivity index (χ2n) is 7.54. The number of thiophene rings is 1. The zero-order valence-electron chi connectivity index (χ0n) is 17.6. The summed E-state index contributed by atoms with van der Waals surface area (Å²) in [4.78, 5) is 19.5. The number of nitrogens with zero attached hydrogens (tertiary/aromatic N) is 4. The van der Waals surface area contributed by atoms with Crippen molar-refractivity contribution in [2.45, 2.75) is 13.0 Å². The number of pyridine rings is 1. The maximum absolute atomic E-state index is 13.0. The van der Waals surface area contributed by atoms with Crippen LogP contribution in [-0.4, -0.2) is 40.4 Å². The Morgan fingerprint density at radius 2 is 1.97 bits per heavy atom. The minimum absolute atomic E-state index is 0.178. The van der Waals surface area contributed by atoms with Gasteiger partial charge in [0.25, 0.3) is 6.08 Å². The third kappa shape index (κ3) is 4.46. The number of halogens is 2. The van der Waals surface area contributed by atoms with Gasteiger partial charge in [-0.3, -0.25) is 4.57 Å². The minimum atomic E-state index is -1.84. The first kappa shape index (κ1) is 21.8. The molecule has 0 atom stereocenters. The number of rotatable bonds is 7. The molecule has 3 heterocycles. The van der Waals surface area contributed by atoms with Crippen LogP contribution < -0.4 is 16.3 Å². The molecule has 10 heteroatoms. The molecular weight excluding hydrogens is 434 g/mol. The van der Waals surface area contributed by atoms with Crippen LogP contribution in [0.5, 0.6) is 0 Å². The Morgan fingerprint density at radius 3 is 2.62 bits per heavy atom. The molecule has 0 aliphatic heterocycles. The third-order valence-electron chi connectivity index (χ3n) is 5.15. The van der Waals surface area contributed by atoms with Gasteiger partial charge < -0.3 is 10.6 Å². The van der Waals surface area contributed by atoms with E-state index in [1.165, 1.54) is 4.57 Å². The van der Waals surface area contributed by atoms with Crippen molar-refractivity contribution in [3.8, 4) is 11.1 Å². The average molecular weight is 457 g/mol. The molecule has 7 nitrogen and oxygen atoms in total. The number of nitrogens with two attached hydrogens (primary N) is 1. The zero-order valence-corrected chi connectivity index (χ0v) is 18.4. The van der Waals surface area contributed by atoms with Gasteiger partial charge in [0.05, 0.1) is 6.54 Å². The van der Waals surface area contributed by atoms with Crippen LogP contribution in [0.25, 0.3) is 21.2 Å². The van der Waals surface area contributed by atoms with Crippen LogP contribution >= 0.6 is 11.3 Å². The van der Waals surface area contributed by atoms with Gasteiger partial charge in [-0.25, -0.2) is 14.9 Å². The van der Waals surface area contributed by atoms with E-state index in [-0.39, 0.29) is 30.9 Å². The maximum Gasteiger partial charge on any atom is 0.343 e. The van der Waals surface area contributed by atoms with Gasteiger partial charge >= 0.3 is 5.69 Å². The highest BCUT2D eigenvalue weighted by atomic mass is 32.1. The van der Waals surface area contributed by atoms with E-state index in [4.69, 9.17) is 5.73 Å². The molecule has 3 aromatic heterocycles. The summed E-state index contributed by atoms with van der Waals surface area (Å²) in [7, 11) is 3.89. The normalized spacial score (nSPS) is 11.2. The van der Waals surface area contributed by atoms with Crippen molar-refractivity contribution >= 4 is 27.2 Å². The molecule has 3 N–H and O–H groups in total. The number of anilines is 1. The molecule has 4 aromatic rings. The van der Waals surface area contributed by atoms with Crippen molar-refractivity contribution in [1.29, 1.82) is 0 Å². The first-order chi connectivity index (χ1) is 15.4. The Morgan fingerprint density at radius 1 is 1.19 bits per heavy atom. The van der Waals surface area contributed by atoms with Crippen molar-refractivity contribution in [3.05, 3.63) is 75.4 Å². The zero-order chi connectivity index (χ0) is 22.8. The van der Waals surface area contributed by atoms with Crippen molar-refractivity contribution in [3.63, 3.8) is 0 Å². The first-order valence-electron chi connectivity index (χ1n) is 9.89. The number of benzene rings is 1.